The lowest BCUT2D eigenvalue weighted by Crippen LogP contribution is -2.20. The van der Waals surface area contributed by atoms with Gasteiger partial charge in [-0.25, -0.2) is 4.98 Å². The summed E-state index contributed by atoms with van der Waals surface area (Å²) in [6, 6.07) is 4.17. The number of amides is 1. The summed E-state index contributed by atoms with van der Waals surface area (Å²) in [6.07, 6.45) is 4.73. The van der Waals surface area contributed by atoms with Crippen molar-refractivity contribution >= 4 is 11.7 Å². The number of carbonyl (C=O) groups excluding carboxylic acids is 1. The molecule has 0 saturated heterocycles. The van der Waals surface area contributed by atoms with Gasteiger partial charge >= 0.3 is 0 Å². The van der Waals surface area contributed by atoms with Crippen LogP contribution in [0.5, 0.6) is 0 Å². The zero-order valence-electron chi connectivity index (χ0n) is 9.05. The quantitative estimate of drug-likeness (QED) is 0.821. The van der Waals surface area contributed by atoms with Gasteiger partial charge in [-0.3, -0.25) is 4.79 Å². The largest absolute Gasteiger partial charge is 0.310 e. The molecule has 80 valence electrons. The van der Waals surface area contributed by atoms with E-state index in [1.54, 1.807) is 0 Å². The molecule has 2 heterocycles. The van der Waals surface area contributed by atoms with Crippen LogP contribution in [-0.4, -0.2) is 10.9 Å². The van der Waals surface area contributed by atoms with E-state index < -0.39 is 0 Å². The van der Waals surface area contributed by atoms with Crippen LogP contribution in [0, 0.1) is 0 Å². The molecule has 0 atom stereocenters. The highest BCUT2D eigenvalue weighted by atomic mass is 16.1. The van der Waals surface area contributed by atoms with Crippen LogP contribution in [0.1, 0.15) is 37.4 Å². The third-order valence-electron chi connectivity index (χ3n) is 2.70. The molecule has 2 rings (SSSR count). The van der Waals surface area contributed by atoms with Crippen molar-refractivity contribution in [3.8, 4) is 0 Å². The number of nitrogens with one attached hydrogen (secondary N) is 1. The van der Waals surface area contributed by atoms with Gasteiger partial charge in [0.2, 0.25) is 5.91 Å². The lowest BCUT2D eigenvalue weighted by molar-refractivity contribution is -0.116. The van der Waals surface area contributed by atoms with Crippen LogP contribution >= 0.6 is 0 Å². The lowest BCUT2D eigenvalue weighted by Gasteiger charge is -2.16. The monoisotopic (exact) mass is 204 g/mol. The SMILES string of the molecule is CCCCc1ccc2c(n1)NC(=O)CC2. The normalized spacial score (nSPS) is 14.6. The van der Waals surface area contributed by atoms with Crippen LogP contribution in [0.2, 0.25) is 0 Å². The van der Waals surface area contributed by atoms with Crippen molar-refractivity contribution in [2.45, 2.75) is 39.0 Å². The lowest BCUT2D eigenvalue weighted by atomic mass is 10.1. The Balaban J connectivity index is 2.17. The molecule has 0 bridgehead atoms. The average molecular weight is 204 g/mol. The molecule has 0 unspecified atom stereocenters. The minimum atomic E-state index is 0.0858. The van der Waals surface area contributed by atoms with Gasteiger partial charge in [-0.2, -0.15) is 0 Å². The highest BCUT2D eigenvalue weighted by Crippen LogP contribution is 2.20. The summed E-state index contributed by atoms with van der Waals surface area (Å²) in [5, 5.41) is 2.83. The van der Waals surface area contributed by atoms with Gasteiger partial charge in [-0.05, 0) is 30.9 Å². The fourth-order valence-corrected chi connectivity index (χ4v) is 1.78. The Morgan fingerprint density at radius 1 is 1.40 bits per heavy atom. The van der Waals surface area contributed by atoms with E-state index in [9.17, 15) is 4.79 Å². The highest BCUT2D eigenvalue weighted by Gasteiger charge is 2.15. The molecule has 1 aromatic rings. The van der Waals surface area contributed by atoms with Crippen molar-refractivity contribution in [2.75, 3.05) is 5.32 Å². The van der Waals surface area contributed by atoms with Crippen LogP contribution < -0.4 is 5.32 Å². The number of anilines is 1. The molecule has 0 radical (unpaired) electrons. The third-order valence-corrected chi connectivity index (χ3v) is 2.70. The maximum absolute atomic E-state index is 11.2. The molecule has 1 N–H and O–H groups in total. The Morgan fingerprint density at radius 2 is 2.27 bits per heavy atom. The van der Waals surface area contributed by atoms with Gasteiger partial charge < -0.3 is 5.32 Å². The summed E-state index contributed by atoms with van der Waals surface area (Å²) in [4.78, 5) is 15.7. The maximum atomic E-state index is 11.2. The minimum Gasteiger partial charge on any atom is -0.310 e. The minimum absolute atomic E-state index is 0.0858. The number of pyridine rings is 1. The summed E-state index contributed by atoms with van der Waals surface area (Å²) in [7, 11) is 0. The summed E-state index contributed by atoms with van der Waals surface area (Å²) in [6.45, 7) is 2.17. The van der Waals surface area contributed by atoms with Crippen molar-refractivity contribution in [3.05, 3.63) is 23.4 Å². The molecular formula is C12H16N2O. The smallest absolute Gasteiger partial charge is 0.225 e. The van der Waals surface area contributed by atoms with E-state index in [0.29, 0.717) is 6.42 Å². The van der Waals surface area contributed by atoms with E-state index in [2.05, 4.69) is 29.4 Å². The molecule has 0 spiro atoms. The number of hydrogen-bond donors (Lipinski definition) is 1. The molecule has 0 aliphatic carbocycles. The van der Waals surface area contributed by atoms with E-state index in [1.165, 1.54) is 6.42 Å². The Hall–Kier alpha value is -1.38. The Bertz CT molecular complexity index is 374. The van der Waals surface area contributed by atoms with E-state index in [-0.39, 0.29) is 5.91 Å². The van der Waals surface area contributed by atoms with Gasteiger partial charge in [0, 0.05) is 12.1 Å². The Labute approximate surface area is 89.9 Å². The molecule has 1 aromatic heterocycles. The number of carbonyl (C=O) groups is 1. The number of fused-ring (bicyclic) bond motifs is 1. The van der Waals surface area contributed by atoms with Crippen LogP contribution in [0.4, 0.5) is 5.82 Å². The van der Waals surface area contributed by atoms with Crippen LogP contribution in [0.3, 0.4) is 0 Å². The molecule has 15 heavy (non-hydrogen) atoms. The fraction of sp³-hybridized carbons (Fsp3) is 0.500. The predicted molar refractivity (Wildman–Crippen MR) is 59.8 cm³/mol. The van der Waals surface area contributed by atoms with Crippen molar-refractivity contribution < 1.29 is 4.79 Å². The maximum Gasteiger partial charge on any atom is 0.225 e. The summed E-state index contributed by atoms with van der Waals surface area (Å²) >= 11 is 0. The van der Waals surface area contributed by atoms with Crippen molar-refractivity contribution in [1.82, 2.24) is 4.98 Å². The van der Waals surface area contributed by atoms with Gasteiger partial charge in [0.25, 0.3) is 0 Å². The molecule has 1 amide bonds. The number of rotatable bonds is 3. The Kier molecular flexibility index (Phi) is 2.99. The zero-order chi connectivity index (χ0) is 10.7. The summed E-state index contributed by atoms with van der Waals surface area (Å²) in [5.74, 6) is 0.863. The summed E-state index contributed by atoms with van der Waals surface area (Å²) in [5.41, 5.74) is 2.24. The second-order valence-electron chi connectivity index (χ2n) is 3.96. The molecule has 0 aromatic carbocycles. The van der Waals surface area contributed by atoms with Crippen molar-refractivity contribution in [1.29, 1.82) is 0 Å². The van der Waals surface area contributed by atoms with Gasteiger partial charge in [-0.15, -0.1) is 0 Å². The van der Waals surface area contributed by atoms with E-state index in [0.717, 1.165) is 36.3 Å². The second-order valence-corrected chi connectivity index (χ2v) is 3.96. The number of unbranched alkanes of at least 4 members (excludes halogenated alkanes) is 1. The van der Waals surface area contributed by atoms with E-state index in [1.807, 2.05) is 0 Å². The molecule has 0 fully saturated rings. The zero-order valence-corrected chi connectivity index (χ0v) is 9.05. The first kappa shape index (κ1) is 10.1. The van der Waals surface area contributed by atoms with Crippen LogP contribution in [0.25, 0.3) is 0 Å². The van der Waals surface area contributed by atoms with Gasteiger partial charge in [-0.1, -0.05) is 19.4 Å². The topological polar surface area (TPSA) is 42.0 Å². The summed E-state index contributed by atoms with van der Waals surface area (Å²) < 4.78 is 0. The first-order valence-electron chi connectivity index (χ1n) is 5.58. The standard InChI is InChI=1S/C12H16N2O/c1-2-3-4-10-7-5-9-6-8-11(15)14-12(9)13-10/h5,7H,2-4,6,8H2,1H3,(H,13,14,15). The van der Waals surface area contributed by atoms with Gasteiger partial charge in [0.1, 0.15) is 5.82 Å². The second kappa shape index (κ2) is 4.43. The van der Waals surface area contributed by atoms with Crippen molar-refractivity contribution in [3.63, 3.8) is 0 Å². The van der Waals surface area contributed by atoms with E-state index in [4.69, 9.17) is 0 Å². The molecule has 1 aliphatic rings. The first-order valence-corrected chi connectivity index (χ1v) is 5.58. The number of aryl methyl sites for hydroxylation is 2. The van der Waals surface area contributed by atoms with Gasteiger partial charge in [0.15, 0.2) is 0 Å². The van der Waals surface area contributed by atoms with Crippen LogP contribution in [-0.2, 0) is 17.6 Å². The number of aromatic nitrogens is 1. The Morgan fingerprint density at radius 3 is 3.07 bits per heavy atom. The molecular weight excluding hydrogens is 188 g/mol. The fourth-order valence-electron chi connectivity index (χ4n) is 1.78. The van der Waals surface area contributed by atoms with Crippen LogP contribution in [0.15, 0.2) is 12.1 Å². The molecule has 3 nitrogen and oxygen atoms in total. The number of hydrogen-bond acceptors (Lipinski definition) is 2. The third kappa shape index (κ3) is 2.35. The molecule has 0 saturated carbocycles. The average Bonchev–Trinajstić information content (AvgIpc) is 2.25. The number of nitrogens with zero attached hydrogens (tertiary/aromatic N) is 1. The molecule has 1 aliphatic heterocycles. The first-order chi connectivity index (χ1) is 7.29. The highest BCUT2D eigenvalue weighted by molar-refractivity contribution is 5.92. The van der Waals surface area contributed by atoms with E-state index >= 15 is 0 Å². The predicted octanol–water partition coefficient (Wildman–Crippen LogP) is 2.31. The molecule has 3 heteroatoms. The van der Waals surface area contributed by atoms with Gasteiger partial charge in [0.05, 0.1) is 0 Å². The van der Waals surface area contributed by atoms with Crippen molar-refractivity contribution in [2.24, 2.45) is 0 Å².